The van der Waals surface area contributed by atoms with E-state index in [9.17, 15) is 0 Å². The second-order valence-corrected chi connectivity index (χ2v) is 7.65. The number of ether oxygens (including phenoxy) is 1. The van der Waals surface area contributed by atoms with Crippen molar-refractivity contribution in [3.05, 3.63) is 35.4 Å². The lowest BCUT2D eigenvalue weighted by atomic mass is 9.67. The predicted molar refractivity (Wildman–Crippen MR) is 109 cm³/mol. The zero-order chi connectivity index (χ0) is 18.8. The third kappa shape index (κ3) is 6.29. The molecule has 0 bridgehead atoms. The van der Waals surface area contributed by atoms with Crippen LogP contribution in [0.5, 0.6) is 0 Å². The molecule has 146 valence electrons. The summed E-state index contributed by atoms with van der Waals surface area (Å²) in [5.74, 6) is 0.913. The molecule has 0 atom stereocenters. The van der Waals surface area contributed by atoms with Gasteiger partial charge in [0.1, 0.15) is 0 Å². The molecular weight excluding hydrogens is 324 g/mol. The van der Waals surface area contributed by atoms with Crippen LogP contribution in [0, 0.1) is 5.41 Å². The van der Waals surface area contributed by atoms with Crippen molar-refractivity contribution in [2.75, 3.05) is 40.9 Å². The Morgan fingerprint density at radius 2 is 1.92 bits per heavy atom. The van der Waals surface area contributed by atoms with Crippen molar-refractivity contribution in [1.29, 1.82) is 0 Å². The van der Waals surface area contributed by atoms with Gasteiger partial charge in [-0.1, -0.05) is 30.7 Å². The van der Waals surface area contributed by atoms with Crippen LogP contribution in [0.2, 0.25) is 0 Å². The van der Waals surface area contributed by atoms with E-state index in [0.29, 0.717) is 12.0 Å². The number of nitrogens with zero attached hydrogens (tertiary/aromatic N) is 2. The molecule has 1 aromatic rings. The van der Waals surface area contributed by atoms with Crippen molar-refractivity contribution < 1.29 is 4.74 Å². The first-order chi connectivity index (χ1) is 12.6. The van der Waals surface area contributed by atoms with Crippen molar-refractivity contribution in [3.63, 3.8) is 0 Å². The van der Waals surface area contributed by atoms with E-state index in [0.717, 1.165) is 38.6 Å². The van der Waals surface area contributed by atoms with Gasteiger partial charge in [0.2, 0.25) is 0 Å². The molecule has 2 N–H and O–H groups in total. The molecule has 0 saturated heterocycles. The Morgan fingerprint density at radius 3 is 2.50 bits per heavy atom. The van der Waals surface area contributed by atoms with E-state index in [-0.39, 0.29) is 0 Å². The molecule has 1 aliphatic carbocycles. The minimum atomic E-state index is 0.384. The average molecular weight is 361 g/mol. The van der Waals surface area contributed by atoms with Gasteiger partial charge in [0.15, 0.2) is 5.96 Å². The largest absolute Gasteiger partial charge is 0.385 e. The van der Waals surface area contributed by atoms with Gasteiger partial charge in [-0.05, 0) is 56.8 Å². The van der Waals surface area contributed by atoms with E-state index in [1.165, 1.54) is 30.4 Å². The Kier molecular flexibility index (Phi) is 8.39. The number of aliphatic imine (C=N–C) groups is 1. The molecule has 1 aromatic carbocycles. The zero-order valence-electron chi connectivity index (χ0n) is 17.0. The monoisotopic (exact) mass is 360 g/mol. The Morgan fingerprint density at radius 1 is 1.19 bits per heavy atom. The number of rotatable bonds is 10. The Labute approximate surface area is 159 Å². The molecule has 1 fully saturated rings. The van der Waals surface area contributed by atoms with Crippen LogP contribution in [0.15, 0.2) is 29.3 Å². The molecule has 0 aromatic heterocycles. The van der Waals surface area contributed by atoms with E-state index >= 15 is 0 Å². The van der Waals surface area contributed by atoms with Crippen LogP contribution in [0.4, 0.5) is 0 Å². The number of hydrogen-bond donors (Lipinski definition) is 2. The zero-order valence-corrected chi connectivity index (χ0v) is 17.0. The summed E-state index contributed by atoms with van der Waals surface area (Å²) in [4.78, 5) is 7.03. The van der Waals surface area contributed by atoms with Crippen molar-refractivity contribution >= 4 is 5.96 Å². The van der Waals surface area contributed by atoms with E-state index in [2.05, 4.69) is 60.8 Å². The van der Waals surface area contributed by atoms with Gasteiger partial charge in [-0.25, -0.2) is 4.99 Å². The van der Waals surface area contributed by atoms with Gasteiger partial charge in [0, 0.05) is 33.4 Å². The van der Waals surface area contributed by atoms with Gasteiger partial charge in [-0.3, -0.25) is 0 Å². The molecule has 5 heteroatoms. The van der Waals surface area contributed by atoms with Gasteiger partial charge in [0.05, 0.1) is 6.54 Å². The number of hydrogen-bond acceptors (Lipinski definition) is 3. The quantitative estimate of drug-likeness (QED) is 0.497. The van der Waals surface area contributed by atoms with E-state index in [4.69, 9.17) is 9.73 Å². The number of methoxy groups -OCH3 is 1. The van der Waals surface area contributed by atoms with Gasteiger partial charge in [-0.2, -0.15) is 0 Å². The van der Waals surface area contributed by atoms with Crippen LogP contribution in [0.3, 0.4) is 0 Å². The van der Waals surface area contributed by atoms with Crippen molar-refractivity contribution in [3.8, 4) is 0 Å². The van der Waals surface area contributed by atoms with Gasteiger partial charge in [0.25, 0.3) is 0 Å². The fourth-order valence-corrected chi connectivity index (χ4v) is 3.49. The summed E-state index contributed by atoms with van der Waals surface area (Å²) >= 11 is 0. The maximum atomic E-state index is 5.30. The fourth-order valence-electron chi connectivity index (χ4n) is 3.49. The van der Waals surface area contributed by atoms with Gasteiger partial charge in [-0.15, -0.1) is 0 Å². The number of guanidine groups is 1. The molecule has 0 heterocycles. The van der Waals surface area contributed by atoms with E-state index < -0.39 is 0 Å². The normalized spacial score (nSPS) is 16.4. The van der Waals surface area contributed by atoms with Crippen LogP contribution in [-0.4, -0.2) is 51.8 Å². The maximum absolute atomic E-state index is 5.30. The highest BCUT2D eigenvalue weighted by atomic mass is 16.5. The van der Waals surface area contributed by atoms with Crippen LogP contribution in [0.1, 0.15) is 43.7 Å². The van der Waals surface area contributed by atoms with Gasteiger partial charge >= 0.3 is 0 Å². The SMILES string of the molecule is CCNC(=NCc1ccccc1CN(C)C)NCC1(CCOC)CCC1. The molecule has 0 amide bonds. The minimum absolute atomic E-state index is 0.384. The number of nitrogens with one attached hydrogen (secondary N) is 2. The third-order valence-electron chi connectivity index (χ3n) is 5.24. The highest BCUT2D eigenvalue weighted by Crippen LogP contribution is 2.43. The molecule has 26 heavy (non-hydrogen) atoms. The van der Waals surface area contributed by atoms with Crippen LogP contribution in [0.25, 0.3) is 0 Å². The fraction of sp³-hybridized carbons (Fsp3) is 0.667. The van der Waals surface area contributed by atoms with Gasteiger partial charge < -0.3 is 20.3 Å². The molecule has 1 aliphatic rings. The first-order valence-corrected chi connectivity index (χ1v) is 9.81. The Hall–Kier alpha value is -1.59. The van der Waals surface area contributed by atoms with E-state index in [1.54, 1.807) is 7.11 Å². The van der Waals surface area contributed by atoms with Crippen molar-refractivity contribution in [2.24, 2.45) is 10.4 Å². The topological polar surface area (TPSA) is 48.9 Å². The Bertz CT molecular complexity index is 567. The lowest BCUT2D eigenvalue weighted by molar-refractivity contribution is 0.0732. The highest BCUT2D eigenvalue weighted by Gasteiger charge is 2.36. The second-order valence-electron chi connectivity index (χ2n) is 7.65. The second kappa shape index (κ2) is 10.5. The summed E-state index contributed by atoms with van der Waals surface area (Å²) in [7, 11) is 5.99. The summed E-state index contributed by atoms with van der Waals surface area (Å²) in [5, 5.41) is 6.96. The van der Waals surface area contributed by atoms with Crippen LogP contribution < -0.4 is 10.6 Å². The minimum Gasteiger partial charge on any atom is -0.385 e. The molecule has 0 spiro atoms. The maximum Gasteiger partial charge on any atom is 0.191 e. The number of benzene rings is 1. The lowest BCUT2D eigenvalue weighted by Crippen LogP contribution is -2.47. The molecule has 0 unspecified atom stereocenters. The van der Waals surface area contributed by atoms with Crippen molar-refractivity contribution in [2.45, 2.75) is 45.7 Å². The highest BCUT2D eigenvalue weighted by molar-refractivity contribution is 5.79. The van der Waals surface area contributed by atoms with Crippen molar-refractivity contribution in [1.82, 2.24) is 15.5 Å². The average Bonchev–Trinajstić information content (AvgIpc) is 2.59. The molecule has 0 radical (unpaired) electrons. The molecule has 5 nitrogen and oxygen atoms in total. The third-order valence-corrected chi connectivity index (χ3v) is 5.24. The first kappa shape index (κ1) is 20.7. The molecular formula is C21H36N4O. The van der Waals surface area contributed by atoms with Crippen LogP contribution in [-0.2, 0) is 17.8 Å². The first-order valence-electron chi connectivity index (χ1n) is 9.81. The van der Waals surface area contributed by atoms with E-state index in [1.807, 2.05) is 0 Å². The summed E-state index contributed by atoms with van der Waals surface area (Å²) in [6, 6.07) is 8.57. The Balaban J connectivity index is 1.98. The smallest absolute Gasteiger partial charge is 0.191 e. The summed E-state index contributed by atoms with van der Waals surface area (Å²) < 4.78 is 5.30. The molecule has 0 aliphatic heterocycles. The summed E-state index contributed by atoms with van der Waals surface area (Å²) in [6.45, 7) is 6.44. The standard InChI is InChI=1S/C21H36N4O/c1-5-22-20(24-17-21(11-8-12-21)13-14-26-4)23-15-18-9-6-7-10-19(18)16-25(2)3/h6-7,9-10H,5,8,11-17H2,1-4H3,(H2,22,23,24). The summed E-state index contributed by atoms with van der Waals surface area (Å²) in [6.07, 6.45) is 5.03. The molecule has 1 saturated carbocycles. The lowest BCUT2D eigenvalue weighted by Gasteiger charge is -2.42. The predicted octanol–water partition coefficient (Wildman–Crippen LogP) is 3.01. The summed E-state index contributed by atoms with van der Waals surface area (Å²) in [5.41, 5.74) is 3.01. The molecule has 2 rings (SSSR count). The van der Waals surface area contributed by atoms with Crippen LogP contribution >= 0.6 is 0 Å².